The van der Waals surface area contributed by atoms with Gasteiger partial charge in [-0.25, -0.2) is 0 Å². The summed E-state index contributed by atoms with van der Waals surface area (Å²) in [5.74, 6) is -0.282. The summed E-state index contributed by atoms with van der Waals surface area (Å²) in [5.41, 5.74) is 1.23. The number of halogens is 1. The molecular weight excluding hydrogens is 228 g/mol. The molecule has 0 atom stereocenters. The predicted octanol–water partition coefficient (Wildman–Crippen LogP) is 2.09. The number of carbonyl (C=O) groups excluding carboxylic acids is 1. The largest absolute Gasteiger partial charge is 0.321 e. The number of nitrogens with one attached hydrogen (secondary N) is 2. The number of anilines is 1. The molecule has 0 fully saturated rings. The Balaban J connectivity index is 2.65. The van der Waals surface area contributed by atoms with Gasteiger partial charge >= 0.3 is 0 Å². The van der Waals surface area contributed by atoms with Crippen LogP contribution in [0.3, 0.4) is 0 Å². The summed E-state index contributed by atoms with van der Waals surface area (Å²) in [6.07, 6.45) is 0. The molecule has 16 heavy (non-hydrogen) atoms. The third kappa shape index (κ3) is 1.92. The van der Waals surface area contributed by atoms with Crippen LogP contribution >= 0.6 is 11.6 Å². The molecule has 2 N–H and O–H groups in total. The molecule has 0 aromatic carbocycles. The molecule has 1 amide bonds. The number of hydrogen-bond acceptors (Lipinski definition) is 2. The highest BCUT2D eigenvalue weighted by Gasteiger charge is 2.14. The van der Waals surface area contributed by atoms with E-state index in [0.29, 0.717) is 16.3 Å². The van der Waals surface area contributed by atoms with E-state index in [9.17, 15) is 9.59 Å². The average Bonchev–Trinajstić information content (AvgIpc) is 2.38. The van der Waals surface area contributed by atoms with Crippen molar-refractivity contribution in [3.05, 3.63) is 39.6 Å². The van der Waals surface area contributed by atoms with E-state index in [2.05, 4.69) is 10.3 Å². The second-order valence-corrected chi connectivity index (χ2v) is 3.83. The van der Waals surface area contributed by atoms with Crippen LogP contribution in [0.2, 0.25) is 5.02 Å². The van der Waals surface area contributed by atoms with E-state index in [1.54, 1.807) is 24.3 Å². The van der Waals surface area contributed by atoms with Gasteiger partial charge in [-0.2, -0.15) is 0 Å². The van der Waals surface area contributed by atoms with E-state index in [1.165, 1.54) is 6.92 Å². The summed E-state index contributed by atoms with van der Waals surface area (Å²) >= 11 is 5.83. The molecule has 0 bridgehead atoms. The minimum atomic E-state index is -0.312. The Hall–Kier alpha value is -1.81. The fourth-order valence-electron chi connectivity index (χ4n) is 1.50. The SMILES string of the molecule is CC(=O)Nc1c2ccc(Cl)ccc-2[nH]c1=O. The monoisotopic (exact) mass is 236 g/mol. The summed E-state index contributed by atoms with van der Waals surface area (Å²) < 4.78 is 0. The second kappa shape index (κ2) is 3.98. The molecule has 1 aliphatic carbocycles. The van der Waals surface area contributed by atoms with Crippen LogP contribution in [-0.2, 0) is 4.79 Å². The molecule has 0 saturated heterocycles. The molecule has 5 heteroatoms. The van der Waals surface area contributed by atoms with Crippen molar-refractivity contribution in [1.82, 2.24) is 4.98 Å². The summed E-state index contributed by atoms with van der Waals surface area (Å²) in [7, 11) is 0. The smallest absolute Gasteiger partial charge is 0.272 e. The van der Waals surface area contributed by atoms with Crippen molar-refractivity contribution < 1.29 is 4.79 Å². The minimum Gasteiger partial charge on any atom is -0.321 e. The zero-order valence-corrected chi connectivity index (χ0v) is 9.26. The van der Waals surface area contributed by atoms with Gasteiger partial charge in [0.1, 0.15) is 5.69 Å². The van der Waals surface area contributed by atoms with Crippen molar-refractivity contribution in [2.45, 2.75) is 6.92 Å². The topological polar surface area (TPSA) is 62.0 Å². The van der Waals surface area contributed by atoms with Crippen molar-refractivity contribution in [2.24, 2.45) is 0 Å². The van der Waals surface area contributed by atoms with Crippen LogP contribution in [0.5, 0.6) is 0 Å². The maximum atomic E-state index is 11.6. The summed E-state index contributed by atoms with van der Waals surface area (Å²) in [6.45, 7) is 1.36. The van der Waals surface area contributed by atoms with Crippen molar-refractivity contribution in [3.63, 3.8) is 0 Å². The van der Waals surface area contributed by atoms with Crippen LogP contribution < -0.4 is 10.9 Å². The quantitative estimate of drug-likeness (QED) is 0.797. The van der Waals surface area contributed by atoms with E-state index in [1.807, 2.05) is 0 Å². The van der Waals surface area contributed by atoms with Gasteiger partial charge in [0.2, 0.25) is 5.91 Å². The van der Waals surface area contributed by atoms with Crippen LogP contribution in [-0.4, -0.2) is 10.9 Å². The molecule has 82 valence electrons. The highest BCUT2D eigenvalue weighted by Crippen LogP contribution is 2.26. The number of aromatic nitrogens is 1. The van der Waals surface area contributed by atoms with E-state index in [-0.39, 0.29) is 17.2 Å². The lowest BCUT2D eigenvalue weighted by Gasteiger charge is -1.98. The fourth-order valence-corrected chi connectivity index (χ4v) is 1.62. The van der Waals surface area contributed by atoms with Crippen LogP contribution in [0.1, 0.15) is 6.92 Å². The Morgan fingerprint density at radius 3 is 2.69 bits per heavy atom. The van der Waals surface area contributed by atoms with Crippen molar-refractivity contribution in [3.8, 4) is 11.3 Å². The highest BCUT2D eigenvalue weighted by atomic mass is 35.5. The molecule has 0 aromatic rings. The van der Waals surface area contributed by atoms with Gasteiger partial charge in [0.25, 0.3) is 5.56 Å². The van der Waals surface area contributed by atoms with Gasteiger partial charge in [-0.3, -0.25) is 9.59 Å². The van der Waals surface area contributed by atoms with Gasteiger partial charge < -0.3 is 10.3 Å². The Kier molecular flexibility index (Phi) is 2.66. The summed E-state index contributed by atoms with van der Waals surface area (Å²) in [5, 5.41) is 3.06. The number of fused-ring (bicyclic) bond motifs is 1. The molecule has 2 rings (SSSR count). The van der Waals surface area contributed by atoms with Gasteiger partial charge in [-0.1, -0.05) is 11.6 Å². The van der Waals surface area contributed by atoms with Gasteiger partial charge in [-0.15, -0.1) is 0 Å². The number of amides is 1. The number of hydrogen-bond donors (Lipinski definition) is 2. The van der Waals surface area contributed by atoms with E-state index in [4.69, 9.17) is 11.6 Å². The minimum absolute atomic E-state index is 0.259. The lowest BCUT2D eigenvalue weighted by Crippen LogP contribution is -2.13. The van der Waals surface area contributed by atoms with Gasteiger partial charge in [-0.05, 0) is 24.3 Å². The maximum absolute atomic E-state index is 11.6. The third-order valence-corrected chi connectivity index (χ3v) is 2.41. The number of rotatable bonds is 1. The normalized spacial score (nSPS) is 10.4. The first-order valence-electron chi connectivity index (χ1n) is 4.67. The zero-order valence-electron chi connectivity index (χ0n) is 8.50. The van der Waals surface area contributed by atoms with Crippen LogP contribution in [0.25, 0.3) is 11.3 Å². The van der Waals surface area contributed by atoms with Crippen molar-refractivity contribution in [1.29, 1.82) is 0 Å². The summed E-state index contributed by atoms with van der Waals surface area (Å²) in [4.78, 5) is 25.2. The molecule has 0 saturated carbocycles. The maximum Gasteiger partial charge on any atom is 0.272 e. The first kappa shape index (κ1) is 10.7. The van der Waals surface area contributed by atoms with Crippen LogP contribution in [0.4, 0.5) is 5.69 Å². The highest BCUT2D eigenvalue weighted by molar-refractivity contribution is 6.30. The molecule has 4 nitrogen and oxygen atoms in total. The standard InChI is InChI=1S/C11H9ClN2O2/c1-6(15)13-10-8-4-2-7(12)3-5-9(8)14-11(10)16/h2-5H,1H3,(H,13,15)(H,14,16). The average molecular weight is 237 g/mol. The van der Waals surface area contributed by atoms with Crippen molar-refractivity contribution in [2.75, 3.05) is 5.32 Å². The van der Waals surface area contributed by atoms with E-state index < -0.39 is 0 Å². The fraction of sp³-hybridized carbons (Fsp3) is 0.0909. The molecule has 0 aromatic heterocycles. The van der Waals surface area contributed by atoms with Crippen LogP contribution in [0.15, 0.2) is 29.1 Å². The molecule has 0 unspecified atom stereocenters. The molecule has 0 radical (unpaired) electrons. The zero-order chi connectivity index (χ0) is 11.7. The number of H-pyrrole nitrogens is 1. The molecule has 2 aliphatic rings. The predicted molar refractivity (Wildman–Crippen MR) is 63.0 cm³/mol. The second-order valence-electron chi connectivity index (χ2n) is 3.39. The molecular formula is C11H9ClN2O2. The first-order chi connectivity index (χ1) is 7.58. The molecule has 1 heterocycles. The Bertz CT molecular complexity index is 577. The Morgan fingerprint density at radius 2 is 2.00 bits per heavy atom. The molecule has 1 aliphatic heterocycles. The van der Waals surface area contributed by atoms with E-state index in [0.717, 1.165) is 0 Å². The number of carbonyl (C=O) groups is 1. The van der Waals surface area contributed by atoms with E-state index >= 15 is 0 Å². The Labute approximate surface area is 96.6 Å². The summed E-state index contributed by atoms with van der Waals surface area (Å²) in [6, 6.07) is 6.74. The van der Waals surface area contributed by atoms with Gasteiger partial charge in [0.15, 0.2) is 0 Å². The third-order valence-electron chi connectivity index (χ3n) is 2.15. The number of aromatic amines is 1. The van der Waals surface area contributed by atoms with Gasteiger partial charge in [0, 0.05) is 17.5 Å². The lowest BCUT2D eigenvalue weighted by atomic mass is 10.2. The van der Waals surface area contributed by atoms with Crippen LogP contribution in [0, 0.1) is 0 Å². The lowest BCUT2D eigenvalue weighted by molar-refractivity contribution is -0.114. The molecule has 0 spiro atoms. The van der Waals surface area contributed by atoms with Crippen molar-refractivity contribution >= 4 is 23.2 Å². The van der Waals surface area contributed by atoms with Gasteiger partial charge in [0.05, 0.1) is 5.69 Å². The first-order valence-corrected chi connectivity index (χ1v) is 5.05. The Morgan fingerprint density at radius 1 is 1.31 bits per heavy atom.